The van der Waals surface area contributed by atoms with E-state index >= 15 is 0 Å². The van der Waals surface area contributed by atoms with Gasteiger partial charge in [-0.05, 0) is 75.0 Å². The van der Waals surface area contributed by atoms with Crippen LogP contribution in [0.5, 0.6) is 0 Å². The number of thiol groups is 3. The first-order valence-corrected chi connectivity index (χ1v) is 55.3. The third kappa shape index (κ3) is 121. The van der Waals surface area contributed by atoms with Crippen LogP contribution in [0.4, 0.5) is 0 Å². The number of hydrogen-bond donors (Lipinski definition) is 17. The van der Waals surface area contributed by atoms with E-state index in [-0.39, 0.29) is 163 Å². The van der Waals surface area contributed by atoms with Gasteiger partial charge in [0.15, 0.2) is 4.87 Å². The van der Waals surface area contributed by atoms with Crippen LogP contribution in [-0.2, 0) is 42.0 Å². The van der Waals surface area contributed by atoms with Crippen LogP contribution in [0.2, 0.25) is 0 Å². The van der Waals surface area contributed by atoms with E-state index in [1.807, 2.05) is 0 Å². The Bertz CT molecular complexity index is 1490. The summed E-state index contributed by atoms with van der Waals surface area (Å²) < 4.78 is 8.88. The largest absolute Gasteiger partial charge is 2.00 e. The summed E-state index contributed by atoms with van der Waals surface area (Å²) in [6.45, 7) is 29.3. The van der Waals surface area contributed by atoms with E-state index in [4.69, 9.17) is 82.7 Å². The third-order valence-corrected chi connectivity index (χ3v) is 33.7. The van der Waals surface area contributed by atoms with Crippen molar-refractivity contribution in [1.82, 2.24) is 0 Å². The zero-order chi connectivity index (χ0) is 85.2. The average Bonchev–Trinajstić information content (AvgIpc) is 0.879. The molecule has 4 rings (SSSR count). The number of alkyl halides is 1. The minimum Gasteiger partial charge on any atom is -0.820 e. The average molecular weight is 1900 g/mol. The van der Waals surface area contributed by atoms with E-state index in [1.165, 1.54) is 236 Å². The summed E-state index contributed by atoms with van der Waals surface area (Å²) in [4.78, 5) is 34.8. The molecule has 0 radical (unpaired) electrons. The van der Waals surface area contributed by atoms with Crippen molar-refractivity contribution in [1.29, 1.82) is 0 Å². The maximum absolute atomic E-state index is 10.1. The molecule has 0 atom stereocenters. The molecule has 0 aromatic carbocycles. The standard InChI is InChI=1S/C24H51PS3.C6H11O3P.C6H14PS3.2C6H11.6C5H12O2.C2H6ClO3P.2Ni/c1-4-7-10-13-16-19-22-26-25(27-23-20-17-14-11-8-5-2)28-24-21-18-15-12-9-6-3;7-10(8)9-6-4-2-1-3-5-6;8-7(9,10)6-4-2-1-3-5-6;2*1-2-4-6-5-3-1;6*1-5(2,3-6)4-7;3-1-2-6-7(4)5;;/h4-24H2,1-3H3;6H,1-5H2;6,8-10H,1-5H2;2*1H,2-6H2;6*6-7H,3-4H2,1-2H3;4-5H,1-2H2;;/q;-2;+1;2*-1;;;;;;;;2*+2. The second kappa shape index (κ2) is 96.6. The van der Waals surface area contributed by atoms with Gasteiger partial charge in [-0.1, -0.05) is 264 Å². The zero-order valence-corrected chi connectivity index (χ0v) is 83.9. The third-order valence-electron chi connectivity index (χ3n) is 17.0. The second-order valence-corrected chi connectivity index (χ2v) is 55.4. The molecule has 4 saturated carbocycles. The van der Waals surface area contributed by atoms with Gasteiger partial charge in [0.2, 0.25) is 0 Å². The van der Waals surface area contributed by atoms with Crippen molar-refractivity contribution < 1.29 is 123 Å². The predicted molar refractivity (Wildman–Crippen MR) is 491 cm³/mol. The van der Waals surface area contributed by atoms with Crippen molar-refractivity contribution in [2.24, 2.45) is 32.5 Å². The molecule has 14 N–H and O–H groups in total. The molecular formula is C80H176ClNi2O18P4S6+. The molecule has 18 nitrogen and oxygen atoms in total. The number of unbranched alkanes of at least 4 members (excludes halogenated alkanes) is 15. The molecule has 0 aromatic heterocycles. The van der Waals surface area contributed by atoms with E-state index in [9.17, 15) is 9.79 Å². The van der Waals surface area contributed by atoms with Crippen molar-refractivity contribution in [3.63, 3.8) is 0 Å². The Balaban J connectivity index is -0.000000131. The molecule has 0 amide bonds. The molecular weight excluding hydrogens is 1720 g/mol. The second-order valence-electron chi connectivity index (χ2n) is 33.0. The Labute approximate surface area is 740 Å². The van der Waals surface area contributed by atoms with Gasteiger partial charge in [-0.3, -0.25) is 0 Å². The van der Waals surface area contributed by atoms with Gasteiger partial charge in [-0.15, -0.1) is 45.7 Å². The van der Waals surface area contributed by atoms with E-state index in [0.717, 1.165) is 25.7 Å². The predicted octanol–water partition coefficient (Wildman–Crippen LogP) is 20.4. The zero-order valence-electron chi connectivity index (χ0n) is 72.5. The van der Waals surface area contributed by atoms with Gasteiger partial charge < -0.3 is 103 Å². The first kappa shape index (κ1) is 136. The smallest absolute Gasteiger partial charge is 0.820 e. The summed E-state index contributed by atoms with van der Waals surface area (Å²) in [6.07, 6.45) is 56.8. The molecule has 0 aromatic rings. The van der Waals surface area contributed by atoms with Crippen molar-refractivity contribution >= 4 is 110 Å². The quantitative estimate of drug-likeness (QED) is 0.00674. The summed E-state index contributed by atoms with van der Waals surface area (Å²) in [7, 11) is -4.81. The normalized spacial score (nSPS) is 14.8. The molecule has 0 bridgehead atoms. The van der Waals surface area contributed by atoms with Crippen molar-refractivity contribution in [3.8, 4) is 0 Å². The fourth-order valence-corrected chi connectivity index (χ4v) is 23.0. The molecule has 4 fully saturated rings. The van der Waals surface area contributed by atoms with Crippen LogP contribution in [0.1, 0.15) is 348 Å². The van der Waals surface area contributed by atoms with Gasteiger partial charge in [0.05, 0.1) is 97.5 Å². The van der Waals surface area contributed by atoms with Crippen molar-refractivity contribution in [2.45, 2.75) is 360 Å². The summed E-state index contributed by atoms with van der Waals surface area (Å²) in [5.74, 6) is 4.51. The molecule has 0 aliphatic heterocycles. The number of halogens is 1. The van der Waals surface area contributed by atoms with Gasteiger partial charge in [0.1, 0.15) is 5.66 Å². The van der Waals surface area contributed by atoms with Gasteiger partial charge in [0.25, 0.3) is 0 Å². The van der Waals surface area contributed by atoms with Crippen LogP contribution in [0.15, 0.2) is 0 Å². The SMILES string of the molecule is CC(C)(CO)CO.CC(C)(CO)CO.CC(C)(CO)CO.CC(C)(CO)CO.CC(C)(CO)CO.CC(C)(CO)CO.CCCCCCCCSP(SCCCCCCCC)SCCCCCCCC.OP(O)OCCCl.S[P+](S)(S)C1CCCCC1.[CH-]1CCCCC1.[CH-]1CCCCC1.[Ni+2].[Ni+2].[O-]P([O-])OC1CCCCC1. The molecule has 686 valence electrons. The maximum atomic E-state index is 10.1. The summed E-state index contributed by atoms with van der Waals surface area (Å²) >= 11 is 25.4. The van der Waals surface area contributed by atoms with Crippen LogP contribution in [0, 0.1) is 45.3 Å². The molecule has 0 unspecified atom stereocenters. The Kier molecular flexibility index (Phi) is 118. The molecule has 31 heteroatoms. The Morgan fingerprint density at radius 1 is 0.378 bits per heavy atom. The van der Waals surface area contributed by atoms with Crippen LogP contribution < -0.4 is 9.79 Å². The first-order valence-electron chi connectivity index (χ1n) is 41.1. The van der Waals surface area contributed by atoms with Gasteiger partial charge in [0, 0.05) is 75.1 Å². The number of aliphatic hydroxyl groups excluding tert-OH is 12. The van der Waals surface area contributed by atoms with E-state index in [0.29, 0.717) is 11.5 Å². The molecule has 4 aliphatic carbocycles. The summed E-state index contributed by atoms with van der Waals surface area (Å²) in [6, 6.07) is 0. The van der Waals surface area contributed by atoms with Crippen LogP contribution in [-0.4, -0.2) is 192 Å². The maximum Gasteiger partial charge on any atom is 2.00 e. The van der Waals surface area contributed by atoms with E-state index in [2.05, 4.69) is 114 Å². The Hall–Kier alpha value is 4.38. The minimum absolute atomic E-state index is 0. The Morgan fingerprint density at radius 2 is 0.604 bits per heavy atom. The Morgan fingerprint density at radius 3 is 0.757 bits per heavy atom. The van der Waals surface area contributed by atoms with Crippen molar-refractivity contribution in [3.05, 3.63) is 12.8 Å². The molecule has 111 heavy (non-hydrogen) atoms. The van der Waals surface area contributed by atoms with Crippen LogP contribution in [0.25, 0.3) is 0 Å². The van der Waals surface area contributed by atoms with Crippen LogP contribution >= 0.6 is 110 Å². The minimum atomic E-state index is -2.62. The fourth-order valence-electron chi connectivity index (χ4n) is 8.11. The monoisotopic (exact) mass is 1890 g/mol. The summed E-state index contributed by atoms with van der Waals surface area (Å²) in [5, 5.41) is 101. The number of aliphatic hydroxyl groups is 12. The van der Waals surface area contributed by atoms with Gasteiger partial charge >= 0.3 is 41.6 Å². The first-order chi connectivity index (χ1) is 51.2. The topological polar surface area (TPSA) is 348 Å². The fraction of sp³-hybridized carbons (Fsp3) is 0.975. The van der Waals surface area contributed by atoms with Crippen molar-refractivity contribution in [2.75, 3.05) is 109 Å². The molecule has 4 aliphatic rings. The summed E-state index contributed by atoms with van der Waals surface area (Å²) in [5.41, 5.74) is -1.02. The number of hydrogen-bond acceptors (Lipinski definition) is 24. The molecule has 0 saturated heterocycles. The van der Waals surface area contributed by atoms with E-state index in [1.54, 1.807) is 83.1 Å². The van der Waals surface area contributed by atoms with Gasteiger partial charge in [-0.25, -0.2) is 0 Å². The number of rotatable bonds is 42. The van der Waals surface area contributed by atoms with E-state index < -0.39 is 22.1 Å². The molecule has 0 spiro atoms. The van der Waals surface area contributed by atoms with Crippen LogP contribution in [0.3, 0.4) is 0 Å². The molecule has 0 heterocycles. The van der Waals surface area contributed by atoms with Gasteiger partial charge in [-0.2, -0.15) is 34.3 Å².